The topological polar surface area (TPSA) is 38.8 Å². The summed E-state index contributed by atoms with van der Waals surface area (Å²) in [7, 11) is 0. The van der Waals surface area contributed by atoms with Gasteiger partial charge in [0.25, 0.3) is 0 Å². The third-order valence-electron chi connectivity index (χ3n) is 6.46. The number of benzene rings is 2. The number of ether oxygens (including phenoxy) is 2. The molecular weight excluding hydrogens is 487 g/mol. The Bertz CT molecular complexity index is 1170. The SMILES string of the molecule is CCOC(=O)COc1ccc2c(c1)CCN(C(CC)c1ccc(-c3ccc(C(F)(F)F)cc3)s1)CC2. The summed E-state index contributed by atoms with van der Waals surface area (Å²) in [6.07, 6.45) is -1.59. The Balaban J connectivity index is 1.43. The molecule has 1 atom stereocenters. The van der Waals surface area contributed by atoms with Gasteiger partial charge in [0.2, 0.25) is 0 Å². The molecule has 0 fully saturated rings. The molecule has 0 saturated heterocycles. The first-order chi connectivity index (χ1) is 17.3. The molecule has 0 saturated carbocycles. The van der Waals surface area contributed by atoms with Gasteiger partial charge in [-0.1, -0.05) is 25.1 Å². The first-order valence-electron chi connectivity index (χ1n) is 12.2. The maximum atomic E-state index is 12.9. The Morgan fingerprint density at radius 1 is 1.00 bits per heavy atom. The third-order valence-corrected chi connectivity index (χ3v) is 7.69. The molecule has 0 bridgehead atoms. The Hall–Kier alpha value is -2.84. The molecule has 3 aromatic rings. The zero-order valence-corrected chi connectivity index (χ0v) is 21.3. The van der Waals surface area contributed by atoms with Gasteiger partial charge in [-0.25, -0.2) is 4.79 Å². The molecule has 4 rings (SSSR count). The molecule has 36 heavy (non-hydrogen) atoms. The van der Waals surface area contributed by atoms with Gasteiger partial charge in [0.1, 0.15) is 5.75 Å². The Labute approximate surface area is 213 Å². The molecule has 2 heterocycles. The highest BCUT2D eigenvalue weighted by atomic mass is 32.1. The predicted octanol–water partition coefficient (Wildman–Crippen LogP) is 6.93. The molecular formula is C28H30F3NO3S. The monoisotopic (exact) mass is 517 g/mol. The van der Waals surface area contributed by atoms with Crippen LogP contribution in [0.25, 0.3) is 10.4 Å². The van der Waals surface area contributed by atoms with Gasteiger partial charge >= 0.3 is 12.1 Å². The number of carbonyl (C=O) groups is 1. The first-order valence-corrected chi connectivity index (χ1v) is 13.0. The van der Waals surface area contributed by atoms with E-state index < -0.39 is 11.7 Å². The molecule has 0 amide bonds. The summed E-state index contributed by atoms with van der Waals surface area (Å²) in [6, 6.07) is 15.7. The lowest BCUT2D eigenvalue weighted by Gasteiger charge is -2.29. The molecule has 4 nitrogen and oxygen atoms in total. The number of halogens is 3. The fourth-order valence-corrected chi connectivity index (χ4v) is 5.85. The maximum Gasteiger partial charge on any atom is 0.416 e. The number of esters is 1. The van der Waals surface area contributed by atoms with Crippen molar-refractivity contribution in [2.24, 2.45) is 0 Å². The normalized spacial score (nSPS) is 15.1. The van der Waals surface area contributed by atoms with Crippen molar-refractivity contribution >= 4 is 17.3 Å². The van der Waals surface area contributed by atoms with E-state index in [0.717, 1.165) is 54.9 Å². The second-order valence-electron chi connectivity index (χ2n) is 8.76. The van der Waals surface area contributed by atoms with Crippen LogP contribution in [0.4, 0.5) is 13.2 Å². The van der Waals surface area contributed by atoms with Crippen molar-refractivity contribution in [2.45, 2.75) is 45.3 Å². The largest absolute Gasteiger partial charge is 0.482 e. The molecule has 8 heteroatoms. The number of nitrogens with zero attached hydrogens (tertiary/aromatic N) is 1. The van der Waals surface area contributed by atoms with Crippen molar-refractivity contribution < 1.29 is 27.4 Å². The average Bonchev–Trinajstić information content (AvgIpc) is 3.25. The van der Waals surface area contributed by atoms with Crippen LogP contribution in [-0.4, -0.2) is 37.2 Å². The van der Waals surface area contributed by atoms with Crippen LogP contribution in [0.2, 0.25) is 0 Å². The molecule has 0 N–H and O–H groups in total. The molecule has 1 aromatic heterocycles. The summed E-state index contributed by atoms with van der Waals surface area (Å²) in [5.41, 5.74) is 2.68. The Morgan fingerprint density at radius 3 is 2.39 bits per heavy atom. The quantitative estimate of drug-likeness (QED) is 0.304. The van der Waals surface area contributed by atoms with E-state index in [1.165, 1.54) is 16.0 Å². The van der Waals surface area contributed by atoms with Crippen molar-refractivity contribution in [1.29, 1.82) is 0 Å². The van der Waals surface area contributed by atoms with Crippen LogP contribution in [0.15, 0.2) is 54.6 Å². The lowest BCUT2D eigenvalue weighted by molar-refractivity contribution is -0.145. The number of carbonyl (C=O) groups excluding carboxylic acids is 1. The molecule has 1 aliphatic rings. The molecule has 0 aliphatic carbocycles. The zero-order valence-electron chi connectivity index (χ0n) is 20.4. The minimum absolute atomic E-state index is 0.101. The van der Waals surface area contributed by atoms with Crippen LogP contribution in [0.5, 0.6) is 5.75 Å². The fourth-order valence-electron chi connectivity index (χ4n) is 4.62. The van der Waals surface area contributed by atoms with E-state index in [-0.39, 0.29) is 18.6 Å². The molecule has 0 radical (unpaired) electrons. The number of fused-ring (bicyclic) bond motifs is 1. The van der Waals surface area contributed by atoms with Crippen molar-refractivity contribution in [3.05, 3.63) is 76.2 Å². The molecule has 2 aromatic carbocycles. The van der Waals surface area contributed by atoms with E-state index in [0.29, 0.717) is 12.4 Å². The summed E-state index contributed by atoms with van der Waals surface area (Å²) < 4.78 is 49.3. The highest BCUT2D eigenvalue weighted by molar-refractivity contribution is 7.15. The maximum absolute atomic E-state index is 12.9. The van der Waals surface area contributed by atoms with Gasteiger partial charge in [-0.2, -0.15) is 13.2 Å². The summed E-state index contributed by atoms with van der Waals surface area (Å²) in [6.45, 7) is 5.97. The minimum Gasteiger partial charge on any atom is -0.482 e. The van der Waals surface area contributed by atoms with Crippen LogP contribution < -0.4 is 4.74 Å². The zero-order chi connectivity index (χ0) is 25.7. The van der Waals surface area contributed by atoms with Crippen LogP contribution in [-0.2, 0) is 28.5 Å². The van der Waals surface area contributed by atoms with Crippen LogP contribution in [0.1, 0.15) is 47.9 Å². The number of hydrogen-bond acceptors (Lipinski definition) is 5. The first kappa shape index (κ1) is 26.2. The highest BCUT2D eigenvalue weighted by Crippen LogP contribution is 2.37. The summed E-state index contributed by atoms with van der Waals surface area (Å²) in [5.74, 6) is 0.290. The van der Waals surface area contributed by atoms with Gasteiger partial charge in [0, 0.05) is 28.9 Å². The number of alkyl halides is 3. The molecule has 192 valence electrons. The number of rotatable bonds is 8. The summed E-state index contributed by atoms with van der Waals surface area (Å²) in [5, 5.41) is 0. The Morgan fingerprint density at radius 2 is 1.72 bits per heavy atom. The second-order valence-corrected chi connectivity index (χ2v) is 9.88. The minimum atomic E-state index is -4.33. The third kappa shape index (κ3) is 6.28. The van der Waals surface area contributed by atoms with Crippen molar-refractivity contribution in [3.63, 3.8) is 0 Å². The van der Waals surface area contributed by atoms with Crippen molar-refractivity contribution in [2.75, 3.05) is 26.3 Å². The fraction of sp³-hybridized carbons (Fsp3) is 0.393. The van der Waals surface area contributed by atoms with E-state index in [2.05, 4.69) is 24.0 Å². The lowest BCUT2D eigenvalue weighted by atomic mass is 10.0. The number of hydrogen-bond donors (Lipinski definition) is 0. The van der Waals surface area contributed by atoms with Gasteiger partial charge in [-0.15, -0.1) is 11.3 Å². The van der Waals surface area contributed by atoms with Gasteiger partial charge < -0.3 is 9.47 Å². The van der Waals surface area contributed by atoms with Gasteiger partial charge in [-0.05, 0) is 79.3 Å². The lowest BCUT2D eigenvalue weighted by Crippen LogP contribution is -2.30. The molecule has 0 spiro atoms. The Kier molecular flexibility index (Phi) is 8.36. The highest BCUT2D eigenvalue weighted by Gasteiger charge is 2.30. The van der Waals surface area contributed by atoms with E-state index >= 15 is 0 Å². The number of thiophene rings is 1. The molecule has 1 aliphatic heterocycles. The summed E-state index contributed by atoms with van der Waals surface area (Å²) in [4.78, 5) is 16.3. The van der Waals surface area contributed by atoms with Crippen LogP contribution in [0.3, 0.4) is 0 Å². The second kappa shape index (κ2) is 11.5. The van der Waals surface area contributed by atoms with Crippen LogP contribution >= 0.6 is 11.3 Å². The average molecular weight is 518 g/mol. The summed E-state index contributed by atoms with van der Waals surface area (Å²) >= 11 is 1.65. The van der Waals surface area contributed by atoms with E-state index in [1.807, 2.05) is 18.2 Å². The van der Waals surface area contributed by atoms with E-state index in [1.54, 1.807) is 30.4 Å². The van der Waals surface area contributed by atoms with Gasteiger partial charge in [0.05, 0.1) is 12.2 Å². The van der Waals surface area contributed by atoms with E-state index in [4.69, 9.17) is 9.47 Å². The van der Waals surface area contributed by atoms with Gasteiger partial charge in [-0.3, -0.25) is 4.90 Å². The van der Waals surface area contributed by atoms with Crippen molar-refractivity contribution in [1.82, 2.24) is 4.90 Å². The van der Waals surface area contributed by atoms with Crippen molar-refractivity contribution in [3.8, 4) is 16.2 Å². The smallest absolute Gasteiger partial charge is 0.416 e. The van der Waals surface area contributed by atoms with Gasteiger partial charge in [0.15, 0.2) is 6.61 Å². The predicted molar refractivity (Wildman–Crippen MR) is 135 cm³/mol. The van der Waals surface area contributed by atoms with Crippen LogP contribution in [0, 0.1) is 0 Å². The van der Waals surface area contributed by atoms with E-state index in [9.17, 15) is 18.0 Å². The molecule has 1 unspecified atom stereocenters. The standard InChI is InChI=1S/C28H30F3NO3S/c1-3-24(26-12-11-25(36-26)20-5-8-22(9-6-20)28(29,30)31)32-15-13-19-7-10-23(17-21(19)14-16-32)35-18-27(33)34-4-2/h5-12,17,24H,3-4,13-16,18H2,1-2H3.